The molecule has 2 aromatic rings. The number of imide groups is 1. The van der Waals surface area contributed by atoms with E-state index in [1.54, 1.807) is 0 Å². The minimum atomic E-state index is -1.29. The number of rotatable bonds is 3. The highest BCUT2D eigenvalue weighted by atomic mass is 31.1. The number of hydrogen-bond acceptors (Lipinski definition) is 3. The van der Waals surface area contributed by atoms with Crippen LogP contribution in [0, 0.1) is 23.7 Å². The third-order valence-electron chi connectivity index (χ3n) is 5.53. The third-order valence-corrected chi connectivity index (χ3v) is 7.90. The van der Waals surface area contributed by atoms with E-state index in [0.29, 0.717) is 0 Å². The van der Waals surface area contributed by atoms with Crippen LogP contribution in [-0.2, 0) is 14.4 Å². The molecule has 2 amide bonds. The number of benzene rings is 2. The van der Waals surface area contributed by atoms with Crippen LogP contribution in [-0.4, -0.2) is 22.3 Å². The molecule has 2 aromatic carbocycles. The Hall–Kier alpha value is -2.58. The largest absolute Gasteiger partial charge is 0.298 e. The van der Waals surface area contributed by atoms with E-state index in [1.165, 1.54) is 4.67 Å². The summed E-state index contributed by atoms with van der Waals surface area (Å²) in [5.74, 6) is -2.22. The van der Waals surface area contributed by atoms with Gasteiger partial charge in [-0.3, -0.25) is 19.1 Å². The molecule has 1 saturated carbocycles. The first kappa shape index (κ1) is 15.7. The van der Waals surface area contributed by atoms with Crippen LogP contribution in [0.25, 0.3) is 0 Å². The van der Waals surface area contributed by atoms with Crippen molar-refractivity contribution in [3.8, 4) is 0 Å². The molecule has 1 aliphatic heterocycles. The number of carbonyl (C=O) groups excluding carboxylic acids is 3. The van der Waals surface area contributed by atoms with Gasteiger partial charge in [0, 0.05) is 22.4 Å². The highest BCUT2D eigenvalue weighted by Crippen LogP contribution is 2.55. The van der Waals surface area contributed by atoms with Crippen molar-refractivity contribution in [2.45, 2.75) is 0 Å². The van der Waals surface area contributed by atoms with Gasteiger partial charge in [0.2, 0.25) is 11.8 Å². The molecule has 0 radical (unpaired) electrons. The SMILES string of the molecule is O=C1C2C=CC1C1C(=O)N(P(c3ccccc3)c3ccccc3)C(=O)C21. The Kier molecular flexibility index (Phi) is 3.44. The summed E-state index contributed by atoms with van der Waals surface area (Å²) < 4.78 is 1.47. The normalized spacial score (nSPS) is 29.1. The molecule has 5 rings (SSSR count). The van der Waals surface area contributed by atoms with Crippen molar-refractivity contribution >= 4 is 36.3 Å². The maximum Gasteiger partial charge on any atom is 0.238 e. The number of Topliss-reactive ketones (excluding diaryl/α,β-unsaturated/α-hetero) is 1. The van der Waals surface area contributed by atoms with Crippen LogP contribution in [0.15, 0.2) is 72.8 Å². The lowest BCUT2D eigenvalue weighted by molar-refractivity contribution is -0.137. The number of carbonyl (C=O) groups is 3. The smallest absolute Gasteiger partial charge is 0.238 e. The van der Waals surface area contributed by atoms with Crippen molar-refractivity contribution in [1.82, 2.24) is 4.67 Å². The second-order valence-electron chi connectivity index (χ2n) is 6.86. The maximum atomic E-state index is 13.3. The number of hydrogen-bond donors (Lipinski definition) is 0. The Labute approximate surface area is 152 Å². The first-order valence-electron chi connectivity index (χ1n) is 8.68. The maximum absolute atomic E-state index is 13.3. The zero-order valence-electron chi connectivity index (χ0n) is 13.9. The van der Waals surface area contributed by atoms with Gasteiger partial charge < -0.3 is 0 Å². The molecule has 1 heterocycles. The van der Waals surface area contributed by atoms with E-state index >= 15 is 0 Å². The van der Waals surface area contributed by atoms with Crippen molar-refractivity contribution in [3.63, 3.8) is 0 Å². The van der Waals surface area contributed by atoms with Crippen LogP contribution in [0.1, 0.15) is 0 Å². The minimum absolute atomic E-state index is 0.0325. The van der Waals surface area contributed by atoms with Crippen LogP contribution in [0.5, 0.6) is 0 Å². The monoisotopic (exact) mass is 361 g/mol. The van der Waals surface area contributed by atoms with Gasteiger partial charge in [0.15, 0.2) is 0 Å². The van der Waals surface area contributed by atoms with E-state index in [0.717, 1.165) is 10.6 Å². The van der Waals surface area contributed by atoms with Gasteiger partial charge in [-0.15, -0.1) is 0 Å². The first-order valence-corrected chi connectivity index (χ1v) is 9.98. The molecule has 4 atom stereocenters. The average molecular weight is 361 g/mol. The summed E-state index contributed by atoms with van der Waals surface area (Å²) in [4.78, 5) is 38.8. The lowest BCUT2D eigenvalue weighted by Crippen LogP contribution is -2.36. The van der Waals surface area contributed by atoms with Gasteiger partial charge in [-0.25, -0.2) is 0 Å². The van der Waals surface area contributed by atoms with E-state index in [9.17, 15) is 14.4 Å². The van der Waals surface area contributed by atoms with Crippen LogP contribution in [0.4, 0.5) is 0 Å². The van der Waals surface area contributed by atoms with Gasteiger partial charge in [0.1, 0.15) is 5.78 Å². The second kappa shape index (κ2) is 5.72. The number of ketones is 1. The molecule has 26 heavy (non-hydrogen) atoms. The highest BCUT2D eigenvalue weighted by Gasteiger charge is 2.64. The molecule has 128 valence electrons. The zero-order chi connectivity index (χ0) is 17.8. The lowest BCUT2D eigenvalue weighted by atomic mass is 9.85. The average Bonchev–Trinajstić information content (AvgIpc) is 3.27. The van der Waals surface area contributed by atoms with Gasteiger partial charge in [0.25, 0.3) is 0 Å². The van der Waals surface area contributed by atoms with Gasteiger partial charge in [-0.05, 0) is 0 Å². The van der Waals surface area contributed by atoms with E-state index in [1.807, 2.05) is 72.8 Å². The summed E-state index contributed by atoms with van der Waals surface area (Å²) in [6, 6.07) is 19.4. The van der Waals surface area contributed by atoms with Crippen LogP contribution < -0.4 is 10.6 Å². The predicted octanol–water partition coefficient (Wildman–Crippen LogP) is 2.02. The summed E-state index contributed by atoms with van der Waals surface area (Å²) in [5, 5.41) is 1.92. The molecule has 5 heteroatoms. The van der Waals surface area contributed by atoms with Crippen LogP contribution >= 0.6 is 8.07 Å². The molecule has 1 saturated heterocycles. The number of nitrogens with zero attached hydrogens (tertiary/aromatic N) is 1. The predicted molar refractivity (Wildman–Crippen MR) is 99.0 cm³/mol. The summed E-state index contributed by atoms with van der Waals surface area (Å²) in [5.41, 5.74) is 0. The Morgan fingerprint density at radius 1 is 0.654 bits per heavy atom. The zero-order valence-corrected chi connectivity index (χ0v) is 14.8. The van der Waals surface area contributed by atoms with Crippen molar-refractivity contribution < 1.29 is 14.4 Å². The molecule has 4 nitrogen and oxygen atoms in total. The fraction of sp³-hybridized carbons (Fsp3) is 0.190. The number of allylic oxidation sites excluding steroid dienone is 2. The Morgan fingerprint density at radius 2 is 1.08 bits per heavy atom. The van der Waals surface area contributed by atoms with E-state index in [-0.39, 0.29) is 17.6 Å². The van der Waals surface area contributed by atoms with Gasteiger partial charge >= 0.3 is 0 Å². The molecule has 3 aliphatic rings. The molecule has 4 unspecified atom stereocenters. The molecule has 0 aromatic heterocycles. The molecule has 0 N–H and O–H groups in total. The van der Waals surface area contributed by atoms with Crippen molar-refractivity contribution in [3.05, 3.63) is 72.8 Å². The van der Waals surface area contributed by atoms with Gasteiger partial charge in [-0.1, -0.05) is 72.8 Å². The number of fused-ring (bicyclic) bond motifs is 5. The highest BCUT2D eigenvalue weighted by molar-refractivity contribution is 7.72. The van der Waals surface area contributed by atoms with Crippen molar-refractivity contribution in [2.75, 3.05) is 0 Å². The minimum Gasteiger partial charge on any atom is -0.298 e. The Morgan fingerprint density at radius 3 is 1.50 bits per heavy atom. The van der Waals surface area contributed by atoms with E-state index in [2.05, 4.69) is 0 Å². The van der Waals surface area contributed by atoms with Crippen molar-refractivity contribution in [1.29, 1.82) is 0 Å². The molecule has 0 spiro atoms. The molecule has 2 aliphatic carbocycles. The third kappa shape index (κ3) is 2.02. The summed E-state index contributed by atoms with van der Waals surface area (Å²) in [6.45, 7) is 0. The standard InChI is InChI=1S/C21H16NO3P/c23-19-15-11-12-16(19)18-17(15)20(24)22(21(18)25)26(13-7-3-1-4-8-13)14-9-5-2-6-10-14/h1-12,15-18H. The lowest BCUT2D eigenvalue weighted by Gasteiger charge is -2.28. The molecule has 2 bridgehead atoms. The Bertz CT molecular complexity index is 867. The van der Waals surface area contributed by atoms with Gasteiger partial charge in [-0.2, -0.15) is 0 Å². The molecular weight excluding hydrogens is 345 g/mol. The fourth-order valence-corrected chi connectivity index (χ4v) is 6.74. The Balaban J connectivity index is 1.62. The topological polar surface area (TPSA) is 54.5 Å². The molecule has 2 fully saturated rings. The summed E-state index contributed by atoms with van der Waals surface area (Å²) in [6.07, 6.45) is 3.63. The van der Waals surface area contributed by atoms with Crippen molar-refractivity contribution in [2.24, 2.45) is 23.7 Å². The summed E-state index contributed by atoms with van der Waals surface area (Å²) >= 11 is 0. The van der Waals surface area contributed by atoms with E-state index in [4.69, 9.17) is 0 Å². The fourth-order valence-electron chi connectivity index (χ4n) is 4.41. The van der Waals surface area contributed by atoms with Crippen LogP contribution in [0.3, 0.4) is 0 Å². The first-order chi connectivity index (χ1) is 12.7. The van der Waals surface area contributed by atoms with Crippen LogP contribution in [0.2, 0.25) is 0 Å². The summed E-state index contributed by atoms with van der Waals surface area (Å²) in [7, 11) is -1.29. The molecular formula is C21H16NO3P. The number of amides is 2. The second-order valence-corrected chi connectivity index (χ2v) is 8.92. The van der Waals surface area contributed by atoms with E-state index < -0.39 is 31.7 Å². The van der Waals surface area contributed by atoms with Gasteiger partial charge in [0.05, 0.1) is 19.9 Å². The quantitative estimate of drug-likeness (QED) is 0.478.